The number of para-hydroxylation sites is 1. The highest BCUT2D eigenvalue weighted by molar-refractivity contribution is 5.79. The number of carbonyl (C=O) groups is 1. The Labute approximate surface area is 134 Å². The molecule has 0 atom stereocenters. The monoisotopic (exact) mass is 311 g/mol. The van der Waals surface area contributed by atoms with Crippen LogP contribution in [0.15, 0.2) is 30.5 Å². The average molecular weight is 311 g/mol. The first-order chi connectivity index (χ1) is 11.1. The second-order valence-electron chi connectivity index (χ2n) is 5.72. The zero-order valence-electron chi connectivity index (χ0n) is 13.5. The summed E-state index contributed by atoms with van der Waals surface area (Å²) in [6, 6.07) is 8.13. The molecule has 1 amide bonds. The Balaban J connectivity index is 1.47. The molecule has 6 nitrogen and oxygen atoms in total. The van der Waals surface area contributed by atoms with Crippen molar-refractivity contribution in [2.75, 3.05) is 6.54 Å². The molecular formula is C17H21N5O. The third-order valence-corrected chi connectivity index (χ3v) is 4.04. The van der Waals surface area contributed by atoms with Gasteiger partial charge in [0.05, 0.1) is 23.8 Å². The third kappa shape index (κ3) is 3.41. The molecule has 6 heteroatoms. The molecule has 2 aromatic heterocycles. The molecule has 1 aromatic carbocycles. The minimum atomic E-state index is 0.0305. The van der Waals surface area contributed by atoms with Gasteiger partial charge in [-0.2, -0.15) is 10.2 Å². The van der Waals surface area contributed by atoms with Crippen LogP contribution in [-0.2, 0) is 17.8 Å². The predicted molar refractivity (Wildman–Crippen MR) is 89.1 cm³/mol. The van der Waals surface area contributed by atoms with Gasteiger partial charge in [0.2, 0.25) is 5.91 Å². The molecule has 0 fully saturated rings. The van der Waals surface area contributed by atoms with Crippen molar-refractivity contribution in [1.29, 1.82) is 0 Å². The smallest absolute Gasteiger partial charge is 0.224 e. The molecule has 0 bridgehead atoms. The fraction of sp³-hybridized carbons (Fsp3) is 0.353. The summed E-state index contributed by atoms with van der Waals surface area (Å²) in [5.74, 6) is 0.0305. The molecule has 120 valence electrons. The Bertz CT molecular complexity index is 798. The third-order valence-electron chi connectivity index (χ3n) is 4.04. The number of nitrogens with zero attached hydrogens (tertiary/aromatic N) is 3. The quantitative estimate of drug-likeness (QED) is 0.685. The van der Waals surface area contributed by atoms with Crippen molar-refractivity contribution >= 4 is 16.8 Å². The van der Waals surface area contributed by atoms with Gasteiger partial charge in [-0.05, 0) is 26.3 Å². The number of fused-ring (bicyclic) bond motifs is 1. The van der Waals surface area contributed by atoms with E-state index >= 15 is 0 Å². The van der Waals surface area contributed by atoms with Crippen molar-refractivity contribution < 1.29 is 4.79 Å². The summed E-state index contributed by atoms with van der Waals surface area (Å²) in [4.78, 5) is 12.0. The topological polar surface area (TPSA) is 75.6 Å². The Morgan fingerprint density at radius 1 is 1.30 bits per heavy atom. The molecule has 0 saturated carbocycles. The van der Waals surface area contributed by atoms with Crippen molar-refractivity contribution in [2.45, 2.75) is 33.2 Å². The van der Waals surface area contributed by atoms with Gasteiger partial charge in [0.25, 0.3) is 0 Å². The molecule has 3 aromatic rings. The van der Waals surface area contributed by atoms with Crippen molar-refractivity contribution in [2.24, 2.45) is 0 Å². The minimum Gasteiger partial charge on any atom is -0.356 e. The van der Waals surface area contributed by atoms with Crippen LogP contribution in [0.25, 0.3) is 10.9 Å². The Morgan fingerprint density at radius 3 is 2.91 bits per heavy atom. The fourth-order valence-corrected chi connectivity index (χ4v) is 2.72. The van der Waals surface area contributed by atoms with Crippen LogP contribution in [-0.4, -0.2) is 32.4 Å². The number of aromatic nitrogens is 4. The largest absolute Gasteiger partial charge is 0.356 e. The van der Waals surface area contributed by atoms with Gasteiger partial charge in [-0.1, -0.05) is 18.2 Å². The van der Waals surface area contributed by atoms with Crippen molar-refractivity contribution in [1.82, 2.24) is 25.3 Å². The molecule has 0 unspecified atom stereocenters. The van der Waals surface area contributed by atoms with Crippen molar-refractivity contribution in [3.63, 3.8) is 0 Å². The van der Waals surface area contributed by atoms with Gasteiger partial charge in [-0.25, -0.2) is 0 Å². The highest BCUT2D eigenvalue weighted by Gasteiger charge is 2.11. The molecule has 0 saturated heterocycles. The lowest BCUT2D eigenvalue weighted by atomic mass is 10.1. The molecule has 3 rings (SSSR count). The SMILES string of the molecule is Cc1n[nH]c(C)c1CC(=O)NCCCn1ncc2ccccc21. The van der Waals surface area contributed by atoms with E-state index in [1.807, 2.05) is 36.9 Å². The first kappa shape index (κ1) is 15.3. The van der Waals surface area contributed by atoms with E-state index in [9.17, 15) is 4.79 Å². The van der Waals surface area contributed by atoms with Crippen LogP contribution in [0, 0.1) is 13.8 Å². The molecule has 2 heterocycles. The zero-order valence-corrected chi connectivity index (χ0v) is 13.5. The fourth-order valence-electron chi connectivity index (χ4n) is 2.72. The summed E-state index contributed by atoms with van der Waals surface area (Å²) < 4.78 is 1.98. The predicted octanol–water partition coefficient (Wildman–Crippen LogP) is 2.13. The van der Waals surface area contributed by atoms with Crippen LogP contribution in [0.2, 0.25) is 0 Å². The van der Waals surface area contributed by atoms with Gasteiger partial charge in [0, 0.05) is 29.7 Å². The molecular weight excluding hydrogens is 290 g/mol. The maximum atomic E-state index is 12.0. The van der Waals surface area contributed by atoms with E-state index < -0.39 is 0 Å². The minimum absolute atomic E-state index is 0.0305. The lowest BCUT2D eigenvalue weighted by Gasteiger charge is -2.06. The lowest BCUT2D eigenvalue weighted by Crippen LogP contribution is -2.27. The zero-order chi connectivity index (χ0) is 16.2. The summed E-state index contributed by atoms with van der Waals surface area (Å²) in [6.45, 7) is 5.28. The number of carbonyl (C=O) groups excluding carboxylic acids is 1. The Kier molecular flexibility index (Phi) is 4.41. The van der Waals surface area contributed by atoms with E-state index in [1.54, 1.807) is 0 Å². The Morgan fingerprint density at radius 2 is 2.13 bits per heavy atom. The molecule has 0 spiro atoms. The van der Waals surface area contributed by atoms with Gasteiger partial charge in [0.1, 0.15) is 0 Å². The molecule has 23 heavy (non-hydrogen) atoms. The van der Waals surface area contributed by atoms with Crippen LogP contribution in [0.1, 0.15) is 23.4 Å². The summed E-state index contributed by atoms with van der Waals surface area (Å²) in [7, 11) is 0. The standard InChI is InChI=1S/C17H21N5O/c1-12-15(13(2)21-20-12)10-17(23)18-8-5-9-22-16-7-4-3-6-14(16)11-19-22/h3-4,6-7,11H,5,8-10H2,1-2H3,(H,18,23)(H,20,21). The summed E-state index contributed by atoms with van der Waals surface area (Å²) in [6.07, 6.45) is 3.10. The van der Waals surface area contributed by atoms with Crippen molar-refractivity contribution in [3.8, 4) is 0 Å². The van der Waals surface area contributed by atoms with Gasteiger partial charge < -0.3 is 5.32 Å². The van der Waals surface area contributed by atoms with E-state index in [1.165, 1.54) is 0 Å². The van der Waals surface area contributed by atoms with Crippen LogP contribution in [0.4, 0.5) is 0 Å². The molecule has 0 aliphatic carbocycles. The molecule has 0 aliphatic rings. The number of benzene rings is 1. The van der Waals surface area contributed by atoms with E-state index in [4.69, 9.17) is 0 Å². The molecule has 0 aliphatic heterocycles. The summed E-state index contributed by atoms with van der Waals surface area (Å²) in [5, 5.41) is 15.5. The van der Waals surface area contributed by atoms with Crippen LogP contribution in [0.5, 0.6) is 0 Å². The molecule has 0 radical (unpaired) electrons. The average Bonchev–Trinajstić information content (AvgIpc) is 3.10. The van der Waals surface area contributed by atoms with Crippen LogP contribution >= 0.6 is 0 Å². The lowest BCUT2D eigenvalue weighted by molar-refractivity contribution is -0.120. The number of hydrogen-bond acceptors (Lipinski definition) is 3. The first-order valence-corrected chi connectivity index (χ1v) is 7.83. The number of H-pyrrole nitrogens is 1. The van der Waals surface area contributed by atoms with Gasteiger partial charge in [0.15, 0.2) is 0 Å². The number of aromatic amines is 1. The second-order valence-corrected chi connectivity index (χ2v) is 5.72. The molecule has 2 N–H and O–H groups in total. The van der Waals surface area contributed by atoms with Gasteiger partial charge >= 0.3 is 0 Å². The number of aryl methyl sites for hydroxylation is 3. The highest BCUT2D eigenvalue weighted by Crippen LogP contribution is 2.13. The van der Waals surface area contributed by atoms with Crippen LogP contribution in [0.3, 0.4) is 0 Å². The van der Waals surface area contributed by atoms with E-state index in [0.717, 1.165) is 40.8 Å². The number of nitrogens with one attached hydrogen (secondary N) is 2. The number of hydrogen-bond donors (Lipinski definition) is 2. The maximum absolute atomic E-state index is 12.0. The number of rotatable bonds is 6. The highest BCUT2D eigenvalue weighted by atomic mass is 16.1. The summed E-state index contributed by atoms with van der Waals surface area (Å²) >= 11 is 0. The van der Waals surface area contributed by atoms with E-state index in [-0.39, 0.29) is 5.91 Å². The first-order valence-electron chi connectivity index (χ1n) is 7.83. The van der Waals surface area contributed by atoms with E-state index in [2.05, 4.69) is 32.7 Å². The van der Waals surface area contributed by atoms with Crippen molar-refractivity contribution in [3.05, 3.63) is 47.4 Å². The van der Waals surface area contributed by atoms with Gasteiger partial charge in [-0.3, -0.25) is 14.6 Å². The van der Waals surface area contributed by atoms with E-state index in [0.29, 0.717) is 13.0 Å². The summed E-state index contributed by atoms with van der Waals surface area (Å²) in [5.41, 5.74) is 3.96. The second kappa shape index (κ2) is 6.64. The maximum Gasteiger partial charge on any atom is 0.224 e. The Hall–Kier alpha value is -2.63. The number of amides is 1. The van der Waals surface area contributed by atoms with Crippen LogP contribution < -0.4 is 5.32 Å². The normalized spacial score (nSPS) is 11.0. The van der Waals surface area contributed by atoms with Gasteiger partial charge in [-0.15, -0.1) is 0 Å².